The first-order chi connectivity index (χ1) is 19.5. The van der Waals surface area contributed by atoms with Gasteiger partial charge in [-0.25, -0.2) is 4.79 Å². The fourth-order valence-corrected chi connectivity index (χ4v) is 5.10. The van der Waals surface area contributed by atoms with Gasteiger partial charge in [-0.05, 0) is 53.6 Å². The summed E-state index contributed by atoms with van der Waals surface area (Å²) in [6, 6.07) is 18.5. The molecule has 1 aliphatic heterocycles. The van der Waals surface area contributed by atoms with Gasteiger partial charge in [0.2, 0.25) is 0 Å². The predicted molar refractivity (Wildman–Crippen MR) is 147 cm³/mol. The number of hydrogen-bond donors (Lipinski definition) is 0. The van der Waals surface area contributed by atoms with Crippen molar-refractivity contribution in [2.24, 2.45) is 0 Å². The molecule has 0 radical (unpaired) electrons. The van der Waals surface area contributed by atoms with Gasteiger partial charge >= 0.3 is 6.03 Å². The first kappa shape index (κ1) is 26.8. The van der Waals surface area contributed by atoms with Gasteiger partial charge in [0, 0.05) is 26.2 Å². The third-order valence-corrected chi connectivity index (χ3v) is 7.15. The number of methoxy groups -OCH3 is 4. The third kappa shape index (κ3) is 4.97. The average Bonchev–Trinajstić information content (AvgIpc) is 3.44. The van der Waals surface area contributed by atoms with Gasteiger partial charge in [0.15, 0.2) is 23.0 Å². The summed E-state index contributed by atoms with van der Waals surface area (Å²) in [5.41, 5.74) is 3.57. The summed E-state index contributed by atoms with van der Waals surface area (Å²) >= 11 is 0. The van der Waals surface area contributed by atoms with Gasteiger partial charge in [0.1, 0.15) is 5.52 Å². The number of benzene rings is 3. The first-order valence-electron chi connectivity index (χ1n) is 12.7. The highest BCUT2D eigenvalue weighted by Crippen LogP contribution is 2.38. The SMILES string of the molecule is COc1ccc(C(c2ccc(OC)c(OC)c2)N2CCN(C(=O)n3nnc4cc(C#N)ccc43)CC2)cc1OC. The van der Waals surface area contributed by atoms with Crippen LogP contribution in [-0.2, 0) is 0 Å². The van der Waals surface area contributed by atoms with Crippen LogP contribution in [0.4, 0.5) is 4.79 Å². The van der Waals surface area contributed by atoms with E-state index in [2.05, 4.69) is 21.3 Å². The number of amides is 1. The van der Waals surface area contributed by atoms with Crippen LogP contribution in [0.25, 0.3) is 11.0 Å². The summed E-state index contributed by atoms with van der Waals surface area (Å²) in [5, 5.41) is 17.3. The number of nitrogens with zero attached hydrogens (tertiary/aromatic N) is 6. The Kier molecular flexibility index (Phi) is 7.70. The summed E-state index contributed by atoms with van der Waals surface area (Å²) in [7, 11) is 6.46. The van der Waals surface area contributed by atoms with E-state index in [1.54, 1.807) is 51.5 Å². The van der Waals surface area contributed by atoms with E-state index in [1.165, 1.54) is 4.68 Å². The first-order valence-corrected chi connectivity index (χ1v) is 12.7. The van der Waals surface area contributed by atoms with E-state index in [0.717, 1.165) is 11.1 Å². The molecule has 206 valence electrons. The summed E-state index contributed by atoms with van der Waals surface area (Å²) < 4.78 is 23.4. The molecule has 4 aromatic rings. The number of rotatable bonds is 7. The molecule has 11 heteroatoms. The molecule has 0 bridgehead atoms. The van der Waals surface area contributed by atoms with Gasteiger partial charge in [-0.2, -0.15) is 9.94 Å². The Hall–Kier alpha value is -4.82. The molecular formula is C29H30N6O5. The number of piperazine rings is 1. The number of nitriles is 1. The lowest BCUT2D eigenvalue weighted by Crippen LogP contribution is -2.51. The Labute approximate surface area is 232 Å². The maximum absolute atomic E-state index is 13.4. The molecule has 1 aliphatic rings. The molecule has 1 amide bonds. The zero-order chi connectivity index (χ0) is 28.2. The third-order valence-electron chi connectivity index (χ3n) is 7.15. The van der Waals surface area contributed by atoms with Crippen LogP contribution in [0, 0.1) is 11.3 Å². The van der Waals surface area contributed by atoms with Crippen molar-refractivity contribution in [3.8, 4) is 29.1 Å². The average molecular weight is 543 g/mol. The molecule has 11 nitrogen and oxygen atoms in total. The monoisotopic (exact) mass is 542 g/mol. The van der Waals surface area contributed by atoms with E-state index in [9.17, 15) is 4.79 Å². The van der Waals surface area contributed by atoms with E-state index in [0.29, 0.717) is 65.8 Å². The van der Waals surface area contributed by atoms with Gasteiger partial charge in [-0.3, -0.25) is 4.90 Å². The minimum atomic E-state index is -0.249. The lowest BCUT2D eigenvalue weighted by atomic mass is 9.95. The number of ether oxygens (including phenoxy) is 4. The molecule has 0 N–H and O–H groups in total. The Morgan fingerprint density at radius 3 is 1.90 bits per heavy atom. The van der Waals surface area contributed by atoms with Crippen molar-refractivity contribution in [1.29, 1.82) is 5.26 Å². The fourth-order valence-electron chi connectivity index (χ4n) is 5.10. The highest BCUT2D eigenvalue weighted by atomic mass is 16.5. The van der Waals surface area contributed by atoms with Crippen molar-refractivity contribution in [3.05, 3.63) is 71.3 Å². The molecule has 3 aromatic carbocycles. The quantitative estimate of drug-likeness (QED) is 0.345. The number of carbonyl (C=O) groups is 1. The minimum Gasteiger partial charge on any atom is -0.493 e. The van der Waals surface area contributed by atoms with Crippen molar-refractivity contribution in [3.63, 3.8) is 0 Å². The Morgan fingerprint density at radius 1 is 0.800 bits per heavy atom. The highest BCUT2D eigenvalue weighted by molar-refractivity contribution is 5.88. The second-order valence-corrected chi connectivity index (χ2v) is 9.25. The van der Waals surface area contributed by atoms with Crippen molar-refractivity contribution in [2.75, 3.05) is 54.6 Å². The lowest BCUT2D eigenvalue weighted by molar-refractivity contribution is 0.119. The molecule has 0 aliphatic carbocycles. The molecule has 40 heavy (non-hydrogen) atoms. The fraction of sp³-hybridized carbons (Fsp3) is 0.310. The maximum atomic E-state index is 13.4. The zero-order valence-electron chi connectivity index (χ0n) is 22.8. The summed E-state index contributed by atoms with van der Waals surface area (Å²) in [5.74, 6) is 2.57. The summed E-state index contributed by atoms with van der Waals surface area (Å²) in [6.07, 6.45) is 0. The van der Waals surface area contributed by atoms with E-state index < -0.39 is 0 Å². The van der Waals surface area contributed by atoms with Crippen molar-refractivity contribution >= 4 is 17.1 Å². The number of hydrogen-bond acceptors (Lipinski definition) is 9. The molecule has 1 saturated heterocycles. The minimum absolute atomic E-state index is 0.145. The number of fused-ring (bicyclic) bond motifs is 1. The maximum Gasteiger partial charge on any atom is 0.346 e. The zero-order valence-corrected chi connectivity index (χ0v) is 22.8. The van der Waals surface area contributed by atoms with Gasteiger partial charge in [0.25, 0.3) is 0 Å². The van der Waals surface area contributed by atoms with Crippen molar-refractivity contribution in [1.82, 2.24) is 24.8 Å². The Balaban J connectivity index is 1.43. The lowest BCUT2D eigenvalue weighted by Gasteiger charge is -2.39. The van der Waals surface area contributed by atoms with Crippen molar-refractivity contribution in [2.45, 2.75) is 6.04 Å². The van der Waals surface area contributed by atoms with Crippen LogP contribution in [0.5, 0.6) is 23.0 Å². The number of aromatic nitrogens is 3. The van der Waals surface area contributed by atoms with Crippen LogP contribution >= 0.6 is 0 Å². The van der Waals surface area contributed by atoms with E-state index in [-0.39, 0.29) is 12.1 Å². The molecule has 1 aromatic heterocycles. The molecule has 2 heterocycles. The predicted octanol–water partition coefficient (Wildman–Crippen LogP) is 3.71. The highest BCUT2D eigenvalue weighted by Gasteiger charge is 2.31. The topological polar surface area (TPSA) is 115 Å². The molecule has 5 rings (SSSR count). The van der Waals surface area contributed by atoms with Gasteiger partial charge in [-0.15, -0.1) is 5.10 Å². The summed E-state index contributed by atoms with van der Waals surface area (Å²) in [4.78, 5) is 17.5. The molecule has 0 spiro atoms. The van der Waals surface area contributed by atoms with Gasteiger partial charge in [0.05, 0.1) is 51.6 Å². The number of carbonyl (C=O) groups excluding carboxylic acids is 1. The Morgan fingerprint density at radius 2 is 1.38 bits per heavy atom. The second kappa shape index (κ2) is 11.5. The van der Waals surface area contributed by atoms with Crippen LogP contribution in [0.3, 0.4) is 0 Å². The molecule has 1 fully saturated rings. The molecule has 0 unspecified atom stereocenters. The van der Waals surface area contributed by atoms with Crippen LogP contribution in [0.15, 0.2) is 54.6 Å². The van der Waals surface area contributed by atoms with Crippen LogP contribution in [0.1, 0.15) is 22.7 Å². The molecule has 0 saturated carbocycles. The summed E-state index contributed by atoms with van der Waals surface area (Å²) in [6.45, 7) is 2.22. The van der Waals surface area contributed by atoms with Gasteiger partial charge < -0.3 is 23.8 Å². The van der Waals surface area contributed by atoms with E-state index in [4.69, 9.17) is 24.2 Å². The van der Waals surface area contributed by atoms with Crippen LogP contribution in [-0.4, -0.2) is 85.4 Å². The standard InChI is InChI=1S/C29H30N6O5/c1-37-24-9-6-20(16-26(24)39-3)28(21-7-10-25(38-2)27(17-21)40-4)33-11-13-34(14-12-33)29(36)35-23-8-5-19(18-30)15-22(23)31-32-35/h5-10,15-17,28H,11-14H2,1-4H3. The second-order valence-electron chi connectivity index (χ2n) is 9.25. The van der Waals surface area contributed by atoms with E-state index >= 15 is 0 Å². The normalized spacial score (nSPS) is 13.8. The molecular weight excluding hydrogens is 512 g/mol. The van der Waals surface area contributed by atoms with Gasteiger partial charge in [-0.1, -0.05) is 17.3 Å². The smallest absolute Gasteiger partial charge is 0.346 e. The van der Waals surface area contributed by atoms with Crippen LogP contribution < -0.4 is 18.9 Å². The largest absolute Gasteiger partial charge is 0.493 e. The van der Waals surface area contributed by atoms with E-state index in [1.807, 2.05) is 36.4 Å². The Bertz CT molecular complexity index is 1520. The van der Waals surface area contributed by atoms with Crippen LogP contribution in [0.2, 0.25) is 0 Å². The van der Waals surface area contributed by atoms with Crippen molar-refractivity contribution < 1.29 is 23.7 Å². The molecule has 0 atom stereocenters.